The predicted molar refractivity (Wildman–Crippen MR) is 127 cm³/mol. The first kappa shape index (κ1) is 22.8. The Labute approximate surface area is 187 Å². The fraction of sp³-hybridized carbons (Fsp3) is 0.240. The normalized spacial score (nSPS) is 11.9. The number of rotatable bonds is 9. The zero-order chi connectivity index (χ0) is 22.9. The summed E-state index contributed by atoms with van der Waals surface area (Å²) >= 11 is 0. The molecule has 0 saturated carbocycles. The lowest BCUT2D eigenvalue weighted by molar-refractivity contribution is -0.121. The number of para-hydroxylation sites is 1. The molecule has 0 saturated heterocycles. The van der Waals surface area contributed by atoms with E-state index < -0.39 is 12.1 Å². The second-order valence-corrected chi connectivity index (χ2v) is 7.24. The number of aromatic nitrogens is 1. The number of fused-ring (bicyclic) bond motifs is 1. The van der Waals surface area contributed by atoms with Gasteiger partial charge in [-0.2, -0.15) is 5.10 Å². The van der Waals surface area contributed by atoms with E-state index in [1.54, 1.807) is 13.1 Å². The summed E-state index contributed by atoms with van der Waals surface area (Å²) < 4.78 is 7.12. The third-order valence-electron chi connectivity index (χ3n) is 5.13. The standard InChI is InChI=1S/C25H28N4O3/c1-4-15-29-18(3)21(20-13-9-10-14-23(20)29)17-26-28-24(30)16-22(27-25(31)32-5-2)19-11-7-6-8-12-19/h4,6-14,17,22H,1,5,15-16H2,2-3H3,(H,27,31)(H,28,30)/b26-17-/t22-/m0/s1. The number of benzene rings is 2. The van der Waals surface area contributed by atoms with Gasteiger partial charge in [0.05, 0.1) is 25.3 Å². The Morgan fingerprint density at radius 3 is 2.59 bits per heavy atom. The zero-order valence-corrected chi connectivity index (χ0v) is 18.4. The average Bonchev–Trinajstić information content (AvgIpc) is 3.06. The Morgan fingerprint density at radius 2 is 1.88 bits per heavy atom. The van der Waals surface area contributed by atoms with Crippen LogP contribution >= 0.6 is 0 Å². The number of nitrogens with zero attached hydrogens (tertiary/aromatic N) is 2. The molecule has 32 heavy (non-hydrogen) atoms. The minimum atomic E-state index is -0.566. The molecule has 7 heteroatoms. The smallest absolute Gasteiger partial charge is 0.407 e. The Balaban J connectivity index is 1.73. The molecular formula is C25H28N4O3. The summed E-state index contributed by atoms with van der Waals surface area (Å²) in [7, 11) is 0. The van der Waals surface area contributed by atoms with Crippen LogP contribution in [-0.4, -0.2) is 29.4 Å². The number of nitrogens with one attached hydrogen (secondary N) is 2. The Kier molecular flexibility index (Phi) is 7.80. The number of amides is 2. The van der Waals surface area contributed by atoms with Crippen LogP contribution in [0.5, 0.6) is 0 Å². The molecule has 1 atom stereocenters. The van der Waals surface area contributed by atoms with Gasteiger partial charge in [0.2, 0.25) is 5.91 Å². The fourth-order valence-corrected chi connectivity index (χ4v) is 3.64. The van der Waals surface area contributed by atoms with Crippen LogP contribution in [0.3, 0.4) is 0 Å². The van der Waals surface area contributed by atoms with Crippen LogP contribution in [0.1, 0.15) is 36.2 Å². The van der Waals surface area contributed by atoms with E-state index in [1.807, 2.05) is 67.6 Å². The van der Waals surface area contributed by atoms with Crippen LogP contribution in [0, 0.1) is 6.92 Å². The second kappa shape index (κ2) is 10.9. The van der Waals surface area contributed by atoms with E-state index in [2.05, 4.69) is 27.0 Å². The summed E-state index contributed by atoms with van der Waals surface area (Å²) in [5.41, 5.74) is 6.45. The molecule has 0 aliphatic carbocycles. The van der Waals surface area contributed by atoms with Crippen molar-refractivity contribution in [2.45, 2.75) is 32.9 Å². The molecule has 3 rings (SSSR count). The molecule has 1 heterocycles. The van der Waals surface area contributed by atoms with Crippen molar-refractivity contribution in [2.75, 3.05) is 6.61 Å². The lowest BCUT2D eigenvalue weighted by Gasteiger charge is -2.18. The lowest BCUT2D eigenvalue weighted by atomic mass is 10.0. The van der Waals surface area contributed by atoms with Crippen molar-refractivity contribution in [1.82, 2.24) is 15.3 Å². The van der Waals surface area contributed by atoms with E-state index in [-0.39, 0.29) is 18.9 Å². The maximum Gasteiger partial charge on any atom is 0.407 e. The highest BCUT2D eigenvalue weighted by molar-refractivity contribution is 6.01. The molecule has 2 aromatic carbocycles. The first-order valence-corrected chi connectivity index (χ1v) is 10.5. The van der Waals surface area contributed by atoms with E-state index in [0.29, 0.717) is 6.54 Å². The average molecular weight is 433 g/mol. The molecule has 0 aliphatic rings. The molecule has 0 fully saturated rings. The quantitative estimate of drug-likeness (QED) is 0.297. The summed E-state index contributed by atoms with van der Waals surface area (Å²) in [6, 6.07) is 16.8. The monoisotopic (exact) mass is 432 g/mol. The summed E-state index contributed by atoms with van der Waals surface area (Å²) in [6.07, 6.45) is 2.97. The highest BCUT2D eigenvalue weighted by atomic mass is 16.5. The van der Waals surface area contributed by atoms with Gasteiger partial charge in [-0.25, -0.2) is 10.2 Å². The predicted octanol–water partition coefficient (Wildman–Crippen LogP) is 4.46. The third kappa shape index (κ3) is 5.43. The zero-order valence-electron chi connectivity index (χ0n) is 18.4. The van der Waals surface area contributed by atoms with Crippen LogP contribution in [0.25, 0.3) is 10.9 Å². The number of carbonyl (C=O) groups excluding carboxylic acids is 2. The van der Waals surface area contributed by atoms with Gasteiger partial charge < -0.3 is 14.6 Å². The maximum atomic E-state index is 12.6. The van der Waals surface area contributed by atoms with Crippen LogP contribution in [0.2, 0.25) is 0 Å². The van der Waals surface area contributed by atoms with E-state index in [4.69, 9.17) is 4.74 Å². The first-order valence-electron chi connectivity index (χ1n) is 10.5. The van der Waals surface area contributed by atoms with Crippen molar-refractivity contribution in [2.24, 2.45) is 5.10 Å². The van der Waals surface area contributed by atoms with Crippen molar-refractivity contribution in [3.05, 3.63) is 84.1 Å². The molecule has 166 valence electrons. The summed E-state index contributed by atoms with van der Waals surface area (Å²) in [5, 5.41) is 7.97. The minimum absolute atomic E-state index is 0.0252. The number of hydrogen-bond donors (Lipinski definition) is 2. The second-order valence-electron chi connectivity index (χ2n) is 7.24. The molecule has 3 aromatic rings. The summed E-state index contributed by atoms with van der Waals surface area (Å²) in [5.74, 6) is -0.320. The SMILES string of the molecule is C=CCn1c(C)c(/C=N\NC(=O)C[C@H](NC(=O)OCC)c2ccccc2)c2ccccc21. The Bertz CT molecular complexity index is 1120. The third-order valence-corrected chi connectivity index (χ3v) is 5.13. The summed E-state index contributed by atoms with van der Waals surface area (Å²) in [6.45, 7) is 8.51. The Morgan fingerprint density at radius 1 is 1.16 bits per heavy atom. The largest absolute Gasteiger partial charge is 0.450 e. The van der Waals surface area contributed by atoms with Crippen LogP contribution < -0.4 is 10.7 Å². The number of ether oxygens (including phenoxy) is 1. The molecular weight excluding hydrogens is 404 g/mol. The lowest BCUT2D eigenvalue weighted by Crippen LogP contribution is -2.33. The molecule has 2 N–H and O–H groups in total. The molecule has 7 nitrogen and oxygen atoms in total. The number of allylic oxidation sites excluding steroid dienone is 1. The number of alkyl carbamates (subject to hydrolysis) is 1. The van der Waals surface area contributed by atoms with Gasteiger partial charge in [-0.3, -0.25) is 4.79 Å². The highest BCUT2D eigenvalue weighted by Gasteiger charge is 2.19. The van der Waals surface area contributed by atoms with Gasteiger partial charge in [-0.1, -0.05) is 54.6 Å². The van der Waals surface area contributed by atoms with E-state index in [1.165, 1.54) is 0 Å². The van der Waals surface area contributed by atoms with Crippen LogP contribution in [-0.2, 0) is 16.1 Å². The van der Waals surface area contributed by atoms with Gasteiger partial charge in [-0.15, -0.1) is 6.58 Å². The topological polar surface area (TPSA) is 84.7 Å². The number of hydrogen-bond acceptors (Lipinski definition) is 4. The first-order chi connectivity index (χ1) is 15.5. The number of carbonyl (C=O) groups is 2. The van der Waals surface area contributed by atoms with Gasteiger partial charge in [0, 0.05) is 28.7 Å². The Hall–Kier alpha value is -3.87. The van der Waals surface area contributed by atoms with Crippen molar-refractivity contribution >= 4 is 29.1 Å². The number of hydrazone groups is 1. The highest BCUT2D eigenvalue weighted by Crippen LogP contribution is 2.24. The van der Waals surface area contributed by atoms with E-state index >= 15 is 0 Å². The molecule has 0 aliphatic heterocycles. The molecule has 1 aromatic heterocycles. The molecule has 0 bridgehead atoms. The van der Waals surface area contributed by atoms with Crippen LogP contribution in [0.15, 0.2) is 72.4 Å². The van der Waals surface area contributed by atoms with Crippen molar-refractivity contribution in [3.8, 4) is 0 Å². The van der Waals surface area contributed by atoms with Gasteiger partial charge in [0.1, 0.15) is 0 Å². The van der Waals surface area contributed by atoms with Crippen molar-refractivity contribution < 1.29 is 14.3 Å². The van der Waals surface area contributed by atoms with Crippen molar-refractivity contribution in [3.63, 3.8) is 0 Å². The van der Waals surface area contributed by atoms with Crippen LogP contribution in [0.4, 0.5) is 4.79 Å². The fourth-order valence-electron chi connectivity index (χ4n) is 3.64. The van der Waals surface area contributed by atoms with Crippen molar-refractivity contribution in [1.29, 1.82) is 0 Å². The minimum Gasteiger partial charge on any atom is -0.450 e. The van der Waals surface area contributed by atoms with Gasteiger partial charge in [0.25, 0.3) is 0 Å². The molecule has 0 spiro atoms. The van der Waals surface area contributed by atoms with Gasteiger partial charge in [0.15, 0.2) is 0 Å². The molecule has 0 radical (unpaired) electrons. The van der Waals surface area contributed by atoms with Gasteiger partial charge in [-0.05, 0) is 25.5 Å². The van der Waals surface area contributed by atoms with E-state index in [9.17, 15) is 9.59 Å². The van der Waals surface area contributed by atoms with Gasteiger partial charge >= 0.3 is 6.09 Å². The molecule has 0 unspecified atom stereocenters. The van der Waals surface area contributed by atoms with E-state index in [0.717, 1.165) is 27.7 Å². The molecule has 2 amide bonds. The summed E-state index contributed by atoms with van der Waals surface area (Å²) in [4.78, 5) is 24.5. The maximum absolute atomic E-state index is 12.6.